The van der Waals surface area contributed by atoms with Crippen LogP contribution in [-0.2, 0) is 15.6 Å². The molecule has 4 nitrogen and oxygen atoms in total. The number of benzene rings is 1. The first kappa shape index (κ1) is 17.0. The summed E-state index contributed by atoms with van der Waals surface area (Å²) in [6.07, 6.45) is 0.973. The van der Waals surface area contributed by atoms with Gasteiger partial charge in [-0.3, -0.25) is 9.00 Å². The maximum atomic E-state index is 11.7. The Hall–Kier alpha value is -1.07. The lowest BCUT2D eigenvalue weighted by atomic mass is 10.2. The van der Waals surface area contributed by atoms with Crippen LogP contribution in [0.5, 0.6) is 0 Å². The van der Waals surface area contributed by atoms with Gasteiger partial charge >= 0.3 is 0 Å². The molecular formula is C14H21ClN2O2S. The van der Waals surface area contributed by atoms with Crippen LogP contribution in [0.3, 0.4) is 0 Å². The molecule has 0 saturated carbocycles. The van der Waals surface area contributed by atoms with Gasteiger partial charge in [-0.15, -0.1) is 0 Å². The molecular weight excluding hydrogens is 296 g/mol. The molecule has 1 amide bonds. The lowest BCUT2D eigenvalue weighted by Crippen LogP contribution is -2.14. The number of rotatable bonds is 7. The van der Waals surface area contributed by atoms with E-state index < -0.39 is 10.8 Å². The van der Waals surface area contributed by atoms with Gasteiger partial charge in [0.05, 0.1) is 10.7 Å². The van der Waals surface area contributed by atoms with E-state index in [9.17, 15) is 9.00 Å². The standard InChI is InChI=1S/C14H21ClN2O2S/c1-10(2)9-20(19)7-3-4-14(18)17-11-5-6-12(15)13(16)8-11/h5-6,8,10H,3-4,7,9,16H2,1-2H3,(H,17,18). The van der Waals surface area contributed by atoms with Crippen LogP contribution in [0.4, 0.5) is 11.4 Å². The zero-order valence-electron chi connectivity index (χ0n) is 11.8. The molecule has 112 valence electrons. The average molecular weight is 317 g/mol. The molecule has 0 saturated heterocycles. The molecule has 0 heterocycles. The minimum Gasteiger partial charge on any atom is -0.397 e. The van der Waals surface area contributed by atoms with E-state index in [1.54, 1.807) is 18.2 Å². The highest BCUT2D eigenvalue weighted by molar-refractivity contribution is 7.84. The summed E-state index contributed by atoms with van der Waals surface area (Å²) in [5, 5.41) is 3.21. The van der Waals surface area contributed by atoms with E-state index in [4.69, 9.17) is 17.3 Å². The SMILES string of the molecule is CC(C)CS(=O)CCCC(=O)Nc1ccc(Cl)c(N)c1. The first-order valence-electron chi connectivity index (χ1n) is 6.58. The molecule has 0 fully saturated rings. The number of anilines is 2. The zero-order valence-corrected chi connectivity index (χ0v) is 13.4. The summed E-state index contributed by atoms with van der Waals surface area (Å²) < 4.78 is 11.6. The second-order valence-electron chi connectivity index (χ2n) is 5.09. The quantitative estimate of drug-likeness (QED) is 0.759. The largest absolute Gasteiger partial charge is 0.397 e. The molecule has 0 spiro atoms. The predicted molar refractivity (Wildman–Crippen MR) is 86.4 cm³/mol. The van der Waals surface area contributed by atoms with E-state index in [0.717, 1.165) is 0 Å². The first-order valence-corrected chi connectivity index (χ1v) is 8.45. The molecule has 0 aliphatic heterocycles. The lowest BCUT2D eigenvalue weighted by molar-refractivity contribution is -0.116. The van der Waals surface area contributed by atoms with Crippen molar-refractivity contribution in [2.24, 2.45) is 5.92 Å². The van der Waals surface area contributed by atoms with Crippen molar-refractivity contribution < 1.29 is 9.00 Å². The lowest BCUT2D eigenvalue weighted by Gasteiger charge is -2.07. The van der Waals surface area contributed by atoms with Crippen LogP contribution >= 0.6 is 11.6 Å². The highest BCUT2D eigenvalue weighted by Gasteiger charge is 2.07. The third-order valence-corrected chi connectivity index (χ3v) is 4.70. The highest BCUT2D eigenvalue weighted by atomic mass is 35.5. The number of nitrogens with two attached hydrogens (primary N) is 1. The van der Waals surface area contributed by atoms with Crippen LogP contribution in [0.25, 0.3) is 0 Å². The number of halogens is 1. The van der Waals surface area contributed by atoms with Gasteiger partial charge in [-0.05, 0) is 30.5 Å². The summed E-state index contributed by atoms with van der Waals surface area (Å²) in [4.78, 5) is 11.7. The Morgan fingerprint density at radius 2 is 2.15 bits per heavy atom. The predicted octanol–water partition coefficient (Wildman–Crippen LogP) is 3.05. The Kier molecular flexibility index (Phi) is 7.02. The molecule has 1 aromatic carbocycles. The van der Waals surface area contributed by atoms with Crippen LogP contribution < -0.4 is 11.1 Å². The van der Waals surface area contributed by atoms with Crippen LogP contribution in [0.1, 0.15) is 26.7 Å². The smallest absolute Gasteiger partial charge is 0.224 e. The molecule has 1 unspecified atom stereocenters. The van der Waals surface area contributed by atoms with Gasteiger partial charge in [0, 0.05) is 34.4 Å². The number of nitrogens with one attached hydrogen (secondary N) is 1. The molecule has 0 aliphatic carbocycles. The summed E-state index contributed by atoms with van der Waals surface area (Å²) in [5.41, 5.74) is 6.72. The van der Waals surface area contributed by atoms with Crippen molar-refractivity contribution in [1.82, 2.24) is 0 Å². The average Bonchev–Trinajstić information content (AvgIpc) is 2.33. The van der Waals surface area contributed by atoms with E-state index in [0.29, 0.717) is 46.7 Å². The van der Waals surface area contributed by atoms with E-state index in [2.05, 4.69) is 5.32 Å². The summed E-state index contributed by atoms with van der Waals surface area (Å²) >= 11 is 5.81. The van der Waals surface area contributed by atoms with Crippen molar-refractivity contribution in [3.63, 3.8) is 0 Å². The Bertz CT molecular complexity index is 492. The molecule has 3 N–H and O–H groups in total. The highest BCUT2D eigenvalue weighted by Crippen LogP contribution is 2.22. The summed E-state index contributed by atoms with van der Waals surface area (Å²) in [5.74, 6) is 1.57. The molecule has 0 aliphatic rings. The van der Waals surface area contributed by atoms with Crippen molar-refractivity contribution in [1.29, 1.82) is 0 Å². The van der Waals surface area contributed by atoms with Gasteiger partial charge in [-0.2, -0.15) is 0 Å². The maximum Gasteiger partial charge on any atom is 0.224 e. The van der Waals surface area contributed by atoms with E-state index in [1.807, 2.05) is 13.8 Å². The molecule has 0 aromatic heterocycles. The van der Waals surface area contributed by atoms with Crippen molar-refractivity contribution in [3.8, 4) is 0 Å². The van der Waals surface area contributed by atoms with E-state index in [-0.39, 0.29) is 5.91 Å². The summed E-state index contributed by atoms with van der Waals surface area (Å²) in [6, 6.07) is 4.97. The second kappa shape index (κ2) is 8.27. The van der Waals surface area contributed by atoms with Crippen LogP contribution in [-0.4, -0.2) is 21.6 Å². The van der Waals surface area contributed by atoms with Gasteiger partial charge in [0.25, 0.3) is 0 Å². The van der Waals surface area contributed by atoms with Crippen molar-refractivity contribution >= 4 is 39.7 Å². The summed E-state index contributed by atoms with van der Waals surface area (Å²) in [6.45, 7) is 4.07. The Morgan fingerprint density at radius 3 is 2.75 bits per heavy atom. The Morgan fingerprint density at radius 1 is 1.45 bits per heavy atom. The third-order valence-electron chi connectivity index (χ3n) is 2.57. The molecule has 20 heavy (non-hydrogen) atoms. The number of nitrogen functional groups attached to an aromatic ring is 1. The number of hydrogen-bond acceptors (Lipinski definition) is 3. The fourth-order valence-electron chi connectivity index (χ4n) is 1.69. The zero-order chi connectivity index (χ0) is 15.1. The minimum atomic E-state index is -0.837. The normalized spacial score (nSPS) is 12.4. The topological polar surface area (TPSA) is 72.2 Å². The van der Waals surface area contributed by atoms with Crippen LogP contribution in [0.15, 0.2) is 18.2 Å². The van der Waals surface area contributed by atoms with Gasteiger partial charge < -0.3 is 11.1 Å². The van der Waals surface area contributed by atoms with Gasteiger partial charge in [-0.1, -0.05) is 25.4 Å². The van der Waals surface area contributed by atoms with Crippen molar-refractivity contribution in [3.05, 3.63) is 23.2 Å². The molecule has 0 radical (unpaired) electrons. The minimum absolute atomic E-state index is 0.103. The molecule has 1 rings (SSSR count). The van der Waals surface area contributed by atoms with Gasteiger partial charge in [0.15, 0.2) is 0 Å². The van der Waals surface area contributed by atoms with Gasteiger partial charge in [0.2, 0.25) is 5.91 Å². The van der Waals surface area contributed by atoms with Gasteiger partial charge in [0.1, 0.15) is 0 Å². The van der Waals surface area contributed by atoms with Crippen molar-refractivity contribution in [2.45, 2.75) is 26.7 Å². The molecule has 1 atom stereocenters. The molecule has 6 heteroatoms. The first-order chi connectivity index (χ1) is 9.38. The van der Waals surface area contributed by atoms with Crippen LogP contribution in [0.2, 0.25) is 5.02 Å². The van der Waals surface area contributed by atoms with E-state index in [1.165, 1.54) is 0 Å². The number of amides is 1. The number of carbonyl (C=O) groups excluding carboxylic acids is 1. The van der Waals surface area contributed by atoms with Crippen molar-refractivity contribution in [2.75, 3.05) is 22.6 Å². The summed E-state index contributed by atoms with van der Waals surface area (Å²) in [7, 11) is -0.837. The third kappa shape index (κ3) is 6.39. The van der Waals surface area contributed by atoms with E-state index >= 15 is 0 Å². The monoisotopic (exact) mass is 316 g/mol. The van der Waals surface area contributed by atoms with Crippen LogP contribution in [0, 0.1) is 5.92 Å². The number of hydrogen-bond donors (Lipinski definition) is 2. The molecule has 0 bridgehead atoms. The second-order valence-corrected chi connectivity index (χ2v) is 7.12. The Balaban J connectivity index is 2.33. The Labute approximate surface area is 127 Å². The number of carbonyl (C=O) groups is 1. The molecule has 1 aromatic rings. The fraction of sp³-hybridized carbons (Fsp3) is 0.500. The maximum absolute atomic E-state index is 11.7. The van der Waals surface area contributed by atoms with Gasteiger partial charge in [-0.25, -0.2) is 0 Å². The fourth-order valence-corrected chi connectivity index (χ4v) is 3.19.